The van der Waals surface area contributed by atoms with Gasteiger partial charge in [-0.3, -0.25) is 4.89 Å². The largest absolute Gasteiger partial charge is 0.550 e. The summed E-state index contributed by atoms with van der Waals surface area (Å²) >= 11 is 0. The number of rotatable bonds is 12. The third kappa shape index (κ3) is 18.9. The molecular weight excluding hydrogens is 416 g/mol. The molecule has 0 radical (unpaired) electrons. The summed E-state index contributed by atoms with van der Waals surface area (Å²) in [6.45, 7) is 6.65. The molecule has 14 nitrogen and oxygen atoms in total. The Kier molecular flexibility index (Phi) is 19.8. The average Bonchev–Trinajstić information content (AvgIpc) is 2.73. The van der Waals surface area contributed by atoms with E-state index in [0.29, 0.717) is 13.2 Å². The second-order valence-electron chi connectivity index (χ2n) is 4.97. The van der Waals surface area contributed by atoms with Gasteiger partial charge < -0.3 is 33.2 Å². The Morgan fingerprint density at radius 3 is 1.60 bits per heavy atom. The lowest BCUT2D eigenvalue weighted by Gasteiger charge is -2.25. The third-order valence-corrected chi connectivity index (χ3v) is 2.69. The van der Waals surface area contributed by atoms with Crippen molar-refractivity contribution in [2.24, 2.45) is 0 Å². The first-order valence-corrected chi connectivity index (χ1v) is 8.70. The van der Waals surface area contributed by atoms with Gasteiger partial charge in [-0.25, -0.2) is 4.79 Å². The molecule has 0 saturated carbocycles. The minimum Gasteiger partial charge on any atom is -0.429 e. The molecule has 0 aliphatic heterocycles. The number of hydrogen-bond acceptors (Lipinski definition) is 14. The van der Waals surface area contributed by atoms with Crippen molar-refractivity contribution < 1.29 is 67.5 Å². The van der Waals surface area contributed by atoms with E-state index >= 15 is 0 Å². The molecule has 0 aliphatic rings. The minimum atomic E-state index is -1.24. The number of methoxy groups -OCH3 is 2. The van der Waals surface area contributed by atoms with E-state index in [1.54, 1.807) is 13.8 Å². The van der Waals surface area contributed by atoms with Crippen LogP contribution in [0.2, 0.25) is 0 Å². The molecule has 0 rings (SSSR count). The van der Waals surface area contributed by atoms with E-state index in [9.17, 15) is 14.4 Å². The smallest absolute Gasteiger partial charge is 0.429 e. The van der Waals surface area contributed by atoms with Gasteiger partial charge in [0.2, 0.25) is 5.79 Å². The van der Waals surface area contributed by atoms with Crippen molar-refractivity contribution in [2.45, 2.75) is 26.6 Å². The number of carbonyl (C=O) groups is 3. The molecule has 0 amide bonds. The SMILES string of the molecule is CCOCCOC(=O)OOC(=O)OCCOCC.COCC(C)(OC)OC(=O)OO. The van der Waals surface area contributed by atoms with Crippen molar-refractivity contribution in [3.8, 4) is 0 Å². The van der Waals surface area contributed by atoms with Gasteiger partial charge in [-0.2, -0.15) is 24.6 Å². The fourth-order valence-electron chi connectivity index (χ4n) is 1.36. The monoisotopic (exact) mass is 446 g/mol. The van der Waals surface area contributed by atoms with E-state index in [4.69, 9.17) is 24.2 Å². The Morgan fingerprint density at radius 2 is 1.27 bits per heavy atom. The second-order valence-corrected chi connectivity index (χ2v) is 4.97. The van der Waals surface area contributed by atoms with Crippen LogP contribution < -0.4 is 0 Å². The molecule has 178 valence electrons. The van der Waals surface area contributed by atoms with Gasteiger partial charge in [0.05, 0.1) is 13.2 Å². The maximum atomic E-state index is 10.8. The zero-order valence-electron chi connectivity index (χ0n) is 17.7. The first kappa shape index (κ1) is 29.8. The highest BCUT2D eigenvalue weighted by Crippen LogP contribution is 2.12. The molecule has 1 N–H and O–H groups in total. The van der Waals surface area contributed by atoms with Crippen molar-refractivity contribution in [3.63, 3.8) is 0 Å². The Balaban J connectivity index is 0. The Morgan fingerprint density at radius 1 is 0.800 bits per heavy atom. The highest BCUT2D eigenvalue weighted by Gasteiger charge is 2.29. The molecule has 0 aromatic rings. The van der Waals surface area contributed by atoms with Crippen LogP contribution in [0.15, 0.2) is 0 Å². The van der Waals surface area contributed by atoms with E-state index in [-0.39, 0.29) is 33.0 Å². The molecule has 0 saturated heterocycles. The highest BCUT2D eigenvalue weighted by atomic mass is 17.3. The van der Waals surface area contributed by atoms with Crippen molar-refractivity contribution in [1.82, 2.24) is 0 Å². The lowest BCUT2D eigenvalue weighted by Crippen LogP contribution is -2.38. The summed E-state index contributed by atoms with van der Waals surface area (Å²) in [4.78, 5) is 43.4. The summed E-state index contributed by atoms with van der Waals surface area (Å²) < 4.78 is 32.8. The Labute approximate surface area is 173 Å². The van der Waals surface area contributed by atoms with Crippen LogP contribution >= 0.6 is 0 Å². The second kappa shape index (κ2) is 19.9. The lowest BCUT2D eigenvalue weighted by molar-refractivity contribution is -0.258. The van der Waals surface area contributed by atoms with Gasteiger partial charge in [0.25, 0.3) is 0 Å². The van der Waals surface area contributed by atoms with Gasteiger partial charge in [0, 0.05) is 34.4 Å². The van der Waals surface area contributed by atoms with Gasteiger partial charge in [-0.1, -0.05) is 0 Å². The topological polar surface area (TPSA) is 164 Å². The van der Waals surface area contributed by atoms with Crippen LogP contribution in [0.4, 0.5) is 14.4 Å². The fourth-order valence-corrected chi connectivity index (χ4v) is 1.36. The molecule has 30 heavy (non-hydrogen) atoms. The van der Waals surface area contributed by atoms with E-state index < -0.39 is 24.3 Å². The van der Waals surface area contributed by atoms with Gasteiger partial charge in [0.15, 0.2) is 0 Å². The van der Waals surface area contributed by atoms with Gasteiger partial charge in [0.1, 0.15) is 19.8 Å². The maximum Gasteiger partial charge on any atom is 0.550 e. The predicted octanol–water partition coefficient (Wildman–Crippen LogP) is 1.90. The molecule has 0 aromatic carbocycles. The molecule has 1 unspecified atom stereocenters. The van der Waals surface area contributed by atoms with Crippen LogP contribution in [0, 0.1) is 0 Å². The molecule has 14 heteroatoms. The number of hydrogen-bond donors (Lipinski definition) is 1. The van der Waals surface area contributed by atoms with Crippen LogP contribution in [-0.2, 0) is 47.8 Å². The van der Waals surface area contributed by atoms with Crippen LogP contribution in [0.3, 0.4) is 0 Å². The summed E-state index contributed by atoms with van der Waals surface area (Å²) in [7, 11) is 2.76. The standard InChI is InChI=1S/C10H18O8.C6H12O6/c1-3-13-5-7-15-9(11)17-18-10(12)16-8-6-14-4-2;1-6(10-3,4-9-2)11-5(7)12-8/h3-8H2,1-2H3;8H,4H2,1-3H3. The fraction of sp³-hybridized carbons (Fsp3) is 0.812. The molecule has 0 aromatic heterocycles. The molecule has 0 fully saturated rings. The van der Waals surface area contributed by atoms with Crippen molar-refractivity contribution in [3.05, 3.63) is 0 Å². The molecule has 0 heterocycles. The molecule has 0 aliphatic carbocycles. The van der Waals surface area contributed by atoms with E-state index in [2.05, 4.69) is 28.9 Å². The van der Waals surface area contributed by atoms with E-state index in [0.717, 1.165) is 0 Å². The maximum absolute atomic E-state index is 10.8. The first-order chi connectivity index (χ1) is 14.3. The van der Waals surface area contributed by atoms with Gasteiger partial charge in [-0.05, 0) is 13.8 Å². The molecule has 0 bridgehead atoms. The number of carbonyl (C=O) groups excluding carboxylic acids is 3. The van der Waals surface area contributed by atoms with Crippen LogP contribution in [-0.4, -0.2) is 90.0 Å². The zero-order chi connectivity index (χ0) is 23.3. The Bertz CT molecular complexity index is 433. The van der Waals surface area contributed by atoms with E-state index in [1.807, 2.05) is 0 Å². The summed E-state index contributed by atoms with van der Waals surface area (Å²) in [6.07, 6.45) is -3.52. The highest BCUT2D eigenvalue weighted by molar-refractivity contribution is 5.63. The molecular formula is C16H30O14. The Hall–Kier alpha value is -2.39. The summed E-state index contributed by atoms with van der Waals surface area (Å²) in [5.74, 6) is -1.24. The molecule has 0 spiro atoms. The summed E-state index contributed by atoms with van der Waals surface area (Å²) in [5, 5.41) is 7.89. The minimum absolute atomic E-state index is 0.00935. The van der Waals surface area contributed by atoms with Crippen molar-refractivity contribution in [1.29, 1.82) is 0 Å². The number of ether oxygens (including phenoxy) is 7. The van der Waals surface area contributed by atoms with Crippen molar-refractivity contribution in [2.75, 3.05) is 60.5 Å². The quantitative estimate of drug-likeness (QED) is 0.115. The van der Waals surface area contributed by atoms with Crippen molar-refractivity contribution >= 4 is 18.5 Å². The lowest BCUT2D eigenvalue weighted by atomic mass is 10.3. The van der Waals surface area contributed by atoms with Crippen LogP contribution in [0.5, 0.6) is 0 Å². The summed E-state index contributed by atoms with van der Waals surface area (Å²) in [5.41, 5.74) is 0. The first-order valence-electron chi connectivity index (χ1n) is 8.70. The van der Waals surface area contributed by atoms with E-state index in [1.165, 1.54) is 21.1 Å². The molecule has 1 atom stereocenters. The van der Waals surface area contributed by atoms with Gasteiger partial charge >= 0.3 is 18.5 Å². The zero-order valence-corrected chi connectivity index (χ0v) is 17.7. The normalized spacial score (nSPS) is 11.8. The third-order valence-electron chi connectivity index (χ3n) is 2.69. The predicted molar refractivity (Wildman–Crippen MR) is 95.3 cm³/mol. The van der Waals surface area contributed by atoms with Gasteiger partial charge in [-0.15, -0.1) is 0 Å². The summed E-state index contributed by atoms with van der Waals surface area (Å²) in [6, 6.07) is 0. The average molecular weight is 446 g/mol. The van der Waals surface area contributed by atoms with Crippen LogP contribution in [0.25, 0.3) is 0 Å². The van der Waals surface area contributed by atoms with Crippen LogP contribution in [0.1, 0.15) is 20.8 Å².